The molecule has 1 aromatic carbocycles. The number of nitrogens with one attached hydrogen (secondary N) is 1. The molecule has 2 aliphatic rings. The van der Waals surface area contributed by atoms with E-state index < -0.39 is 35.7 Å². The third-order valence-corrected chi connectivity index (χ3v) is 6.15. The topological polar surface area (TPSA) is 97.3 Å². The van der Waals surface area contributed by atoms with E-state index in [2.05, 4.69) is 10.1 Å². The standard InChI is InChI=1S/C24H33F3N2O6/c1-16(2)15-33-18-7-6-17(14-19(18)35-24(25,26)27)20(23(32)8-4-3-5-9-23)21(30)34-22(31)29-12-10-28-11-13-29/h6-7,14,16,20,28,32H,3-5,8-13,15H2,1-2H3. The van der Waals surface area contributed by atoms with Gasteiger partial charge in [-0.1, -0.05) is 39.2 Å². The maximum Gasteiger partial charge on any atom is 0.573 e. The Morgan fingerprint density at radius 1 is 1.11 bits per heavy atom. The monoisotopic (exact) mass is 502 g/mol. The van der Waals surface area contributed by atoms with Crippen LogP contribution < -0.4 is 14.8 Å². The van der Waals surface area contributed by atoms with Crippen molar-refractivity contribution in [3.8, 4) is 11.5 Å². The summed E-state index contributed by atoms with van der Waals surface area (Å²) in [5, 5.41) is 14.5. The molecule has 1 atom stereocenters. The third kappa shape index (κ3) is 7.47. The average Bonchev–Trinajstić information content (AvgIpc) is 2.78. The zero-order valence-corrected chi connectivity index (χ0v) is 20.0. The number of rotatable bonds is 7. The molecule has 11 heteroatoms. The maximum atomic E-state index is 13.3. The molecular formula is C24H33F3N2O6. The number of carbonyl (C=O) groups is 2. The SMILES string of the molecule is CC(C)COc1ccc(C(C(=O)OC(=O)N2CCNCC2)C2(O)CCCCC2)cc1OC(F)(F)F. The number of piperazine rings is 1. The van der Waals surface area contributed by atoms with Crippen molar-refractivity contribution in [2.24, 2.45) is 5.92 Å². The molecule has 8 nitrogen and oxygen atoms in total. The minimum Gasteiger partial charge on any atom is -0.489 e. The first-order chi connectivity index (χ1) is 16.5. The molecule has 2 fully saturated rings. The lowest BCUT2D eigenvalue weighted by Crippen LogP contribution is -2.49. The van der Waals surface area contributed by atoms with Crippen LogP contribution in [0.2, 0.25) is 0 Å². The van der Waals surface area contributed by atoms with Crippen molar-refractivity contribution < 1.29 is 42.1 Å². The molecular weight excluding hydrogens is 469 g/mol. The quantitative estimate of drug-likeness (QED) is 0.430. The number of amides is 1. The summed E-state index contributed by atoms with van der Waals surface area (Å²) in [6, 6.07) is 3.73. The van der Waals surface area contributed by atoms with Crippen molar-refractivity contribution in [1.29, 1.82) is 0 Å². The highest BCUT2D eigenvalue weighted by Gasteiger charge is 2.46. The molecule has 1 aliphatic heterocycles. The van der Waals surface area contributed by atoms with Gasteiger partial charge in [-0.2, -0.15) is 0 Å². The first-order valence-electron chi connectivity index (χ1n) is 11.9. The van der Waals surface area contributed by atoms with Crippen LogP contribution in [-0.2, 0) is 9.53 Å². The van der Waals surface area contributed by atoms with Crippen molar-refractivity contribution in [3.05, 3.63) is 23.8 Å². The molecule has 3 rings (SSSR count). The van der Waals surface area contributed by atoms with Crippen LogP contribution in [0.25, 0.3) is 0 Å². The molecule has 1 saturated heterocycles. The lowest BCUT2D eigenvalue weighted by atomic mass is 9.72. The van der Waals surface area contributed by atoms with Crippen LogP contribution in [0.5, 0.6) is 11.5 Å². The molecule has 0 spiro atoms. The highest BCUT2D eigenvalue weighted by Crippen LogP contribution is 2.43. The van der Waals surface area contributed by atoms with Crippen LogP contribution in [-0.4, -0.2) is 66.8 Å². The minimum atomic E-state index is -5.00. The largest absolute Gasteiger partial charge is 0.573 e. The van der Waals surface area contributed by atoms with E-state index >= 15 is 0 Å². The Balaban J connectivity index is 1.94. The molecule has 196 valence electrons. The lowest BCUT2D eigenvalue weighted by molar-refractivity contribution is -0.275. The van der Waals surface area contributed by atoms with Gasteiger partial charge in [-0.05, 0) is 36.5 Å². The summed E-state index contributed by atoms with van der Waals surface area (Å²) in [4.78, 5) is 27.2. The minimum absolute atomic E-state index is 0.0510. The second kappa shape index (κ2) is 11.5. The van der Waals surface area contributed by atoms with Gasteiger partial charge in [-0.25, -0.2) is 4.79 Å². The summed E-state index contributed by atoms with van der Waals surface area (Å²) >= 11 is 0. The second-order valence-corrected chi connectivity index (χ2v) is 9.48. The highest BCUT2D eigenvalue weighted by molar-refractivity contribution is 5.90. The number of nitrogens with zero attached hydrogens (tertiary/aromatic N) is 1. The fourth-order valence-electron chi connectivity index (χ4n) is 4.46. The molecule has 1 aromatic rings. The van der Waals surface area contributed by atoms with E-state index in [1.807, 2.05) is 13.8 Å². The van der Waals surface area contributed by atoms with Crippen molar-refractivity contribution in [3.63, 3.8) is 0 Å². The van der Waals surface area contributed by atoms with Crippen LogP contribution in [0.15, 0.2) is 18.2 Å². The summed E-state index contributed by atoms with van der Waals surface area (Å²) in [6.07, 6.45) is -3.23. The molecule has 1 saturated carbocycles. The Bertz CT molecular complexity index is 881. The van der Waals surface area contributed by atoms with Crippen molar-refractivity contribution >= 4 is 12.1 Å². The molecule has 1 amide bonds. The van der Waals surface area contributed by atoms with Gasteiger partial charge in [0.25, 0.3) is 0 Å². The van der Waals surface area contributed by atoms with E-state index in [-0.39, 0.29) is 36.7 Å². The number of carbonyl (C=O) groups excluding carboxylic acids is 2. The lowest BCUT2D eigenvalue weighted by Gasteiger charge is -2.38. The van der Waals surface area contributed by atoms with E-state index in [1.54, 1.807) is 0 Å². The molecule has 35 heavy (non-hydrogen) atoms. The molecule has 0 aromatic heterocycles. The Morgan fingerprint density at radius 3 is 2.37 bits per heavy atom. The molecule has 2 N–H and O–H groups in total. The summed E-state index contributed by atoms with van der Waals surface area (Å²) < 4.78 is 54.3. The van der Waals surface area contributed by atoms with Gasteiger partial charge in [0.05, 0.1) is 12.2 Å². The third-order valence-electron chi connectivity index (χ3n) is 6.15. The Hall–Kier alpha value is -2.53. The van der Waals surface area contributed by atoms with E-state index in [0.29, 0.717) is 39.0 Å². The number of esters is 1. The van der Waals surface area contributed by atoms with E-state index in [0.717, 1.165) is 12.5 Å². The van der Waals surface area contributed by atoms with Gasteiger partial charge < -0.3 is 29.5 Å². The fourth-order valence-corrected chi connectivity index (χ4v) is 4.46. The average molecular weight is 503 g/mol. The fraction of sp³-hybridized carbons (Fsp3) is 0.667. The van der Waals surface area contributed by atoms with Gasteiger partial charge in [0.2, 0.25) is 0 Å². The zero-order valence-electron chi connectivity index (χ0n) is 20.0. The Morgan fingerprint density at radius 2 is 1.77 bits per heavy atom. The molecule has 1 unspecified atom stereocenters. The predicted octanol–water partition coefficient (Wildman–Crippen LogP) is 3.97. The maximum absolute atomic E-state index is 13.3. The zero-order chi connectivity index (χ0) is 25.6. The van der Waals surface area contributed by atoms with Crippen LogP contribution >= 0.6 is 0 Å². The summed E-state index contributed by atoms with van der Waals surface area (Å²) in [5.74, 6) is -3.09. The van der Waals surface area contributed by atoms with Crippen molar-refractivity contribution in [1.82, 2.24) is 10.2 Å². The molecule has 0 bridgehead atoms. The Kier molecular flexibility index (Phi) is 8.87. The van der Waals surface area contributed by atoms with Gasteiger partial charge >= 0.3 is 18.4 Å². The predicted molar refractivity (Wildman–Crippen MR) is 120 cm³/mol. The first kappa shape index (κ1) is 27.1. The van der Waals surface area contributed by atoms with Crippen LogP contribution in [0.3, 0.4) is 0 Å². The second-order valence-electron chi connectivity index (χ2n) is 9.48. The van der Waals surface area contributed by atoms with Gasteiger partial charge in [-0.15, -0.1) is 13.2 Å². The summed E-state index contributed by atoms with van der Waals surface area (Å²) in [7, 11) is 0. The molecule has 1 aliphatic carbocycles. The number of benzene rings is 1. The van der Waals surface area contributed by atoms with Crippen molar-refractivity contribution in [2.75, 3.05) is 32.8 Å². The summed E-state index contributed by atoms with van der Waals surface area (Å²) in [6.45, 7) is 5.65. The number of hydrogen-bond acceptors (Lipinski definition) is 7. The van der Waals surface area contributed by atoms with Gasteiger partial charge in [0.1, 0.15) is 5.92 Å². The van der Waals surface area contributed by atoms with Crippen LogP contribution in [0, 0.1) is 5.92 Å². The first-order valence-corrected chi connectivity index (χ1v) is 11.9. The van der Waals surface area contributed by atoms with Gasteiger partial charge in [0.15, 0.2) is 11.5 Å². The van der Waals surface area contributed by atoms with Gasteiger partial charge in [-0.3, -0.25) is 4.79 Å². The molecule has 0 radical (unpaired) electrons. The van der Waals surface area contributed by atoms with Gasteiger partial charge in [0, 0.05) is 26.2 Å². The summed E-state index contributed by atoms with van der Waals surface area (Å²) in [5.41, 5.74) is -1.52. The number of hydrogen-bond donors (Lipinski definition) is 2. The van der Waals surface area contributed by atoms with Crippen LogP contribution in [0.1, 0.15) is 57.4 Å². The normalized spacial score (nSPS) is 19.2. The van der Waals surface area contributed by atoms with E-state index in [1.165, 1.54) is 17.0 Å². The number of aliphatic hydroxyl groups is 1. The van der Waals surface area contributed by atoms with E-state index in [4.69, 9.17) is 9.47 Å². The van der Waals surface area contributed by atoms with Crippen molar-refractivity contribution in [2.45, 2.75) is 63.8 Å². The van der Waals surface area contributed by atoms with Crippen LogP contribution in [0.4, 0.5) is 18.0 Å². The smallest absolute Gasteiger partial charge is 0.489 e. The Labute approximate surface area is 202 Å². The number of alkyl halides is 3. The highest BCUT2D eigenvalue weighted by atomic mass is 19.4. The molecule has 1 heterocycles. The number of halogens is 3. The number of ether oxygens (including phenoxy) is 3. The van der Waals surface area contributed by atoms with E-state index in [9.17, 15) is 27.9 Å².